The van der Waals surface area contributed by atoms with Gasteiger partial charge in [0.25, 0.3) is 5.91 Å². The number of benzene rings is 1. The van der Waals surface area contributed by atoms with Crippen molar-refractivity contribution in [3.63, 3.8) is 0 Å². The standard InChI is InChI=1S/C30H44N2O9/c1-16-10-9-11-23(37-5)28(41-30(31)36)18(3)12-17(2)27(40-8)24(38-6)13-19(4)26(39-7)21-14-20(33)15-22(25(21)34)32-29(16)35/h9-12,14-15,17,19,23-24,26-28,33-34H,13H2,1-8H3,(H2,31,36)(H,32,35)/b11-9-,16-10+,18-12+. The van der Waals surface area contributed by atoms with Crippen molar-refractivity contribution < 1.29 is 43.5 Å². The van der Waals surface area contributed by atoms with Gasteiger partial charge in [-0.05, 0) is 37.8 Å². The number of primary amides is 1. The van der Waals surface area contributed by atoms with Gasteiger partial charge in [0.1, 0.15) is 17.6 Å². The average Bonchev–Trinajstić information content (AvgIpc) is 2.91. The van der Waals surface area contributed by atoms with Gasteiger partial charge in [0.05, 0.1) is 24.0 Å². The minimum atomic E-state index is -0.961. The first-order valence-corrected chi connectivity index (χ1v) is 13.4. The largest absolute Gasteiger partial charge is 0.508 e. The molecule has 1 aliphatic heterocycles. The fourth-order valence-electron chi connectivity index (χ4n) is 5.24. The summed E-state index contributed by atoms with van der Waals surface area (Å²) < 4.78 is 28.6. The van der Waals surface area contributed by atoms with Crippen molar-refractivity contribution in [1.82, 2.24) is 0 Å². The van der Waals surface area contributed by atoms with Gasteiger partial charge in [-0.25, -0.2) is 4.79 Å². The van der Waals surface area contributed by atoms with Gasteiger partial charge >= 0.3 is 6.09 Å². The molecular formula is C30H44N2O9. The van der Waals surface area contributed by atoms with E-state index in [1.165, 1.54) is 26.4 Å². The SMILES string of the molecule is COC1/C=C\C=C(/C)C(=O)Nc2cc(O)cc(c2O)C(OC)C(C)CC(OC)C(OC)C(C)/C=C(\C)C1OC(N)=O. The lowest BCUT2D eigenvalue weighted by molar-refractivity contribution is -0.112. The highest BCUT2D eigenvalue weighted by Gasteiger charge is 2.33. The van der Waals surface area contributed by atoms with Gasteiger partial charge in [0.15, 0.2) is 6.10 Å². The van der Waals surface area contributed by atoms with Gasteiger partial charge in [-0.1, -0.05) is 38.2 Å². The number of methoxy groups -OCH3 is 4. The van der Waals surface area contributed by atoms with Crippen molar-refractivity contribution in [1.29, 1.82) is 0 Å². The van der Waals surface area contributed by atoms with Crippen molar-refractivity contribution in [3.05, 3.63) is 53.1 Å². The van der Waals surface area contributed by atoms with E-state index in [0.29, 0.717) is 23.1 Å². The Bertz CT molecular complexity index is 1150. The zero-order valence-electron chi connectivity index (χ0n) is 25.0. The van der Waals surface area contributed by atoms with Crippen molar-refractivity contribution in [3.8, 4) is 11.5 Å². The van der Waals surface area contributed by atoms with Crippen LogP contribution in [0.15, 0.2) is 47.6 Å². The summed E-state index contributed by atoms with van der Waals surface area (Å²) in [5, 5.41) is 24.2. The quantitative estimate of drug-likeness (QED) is 0.227. The van der Waals surface area contributed by atoms with Crippen LogP contribution >= 0.6 is 0 Å². The minimum absolute atomic E-state index is 0.0325. The average molecular weight is 577 g/mol. The molecule has 0 saturated heterocycles. The molecule has 0 radical (unpaired) electrons. The van der Waals surface area contributed by atoms with E-state index in [1.54, 1.807) is 46.3 Å². The Kier molecular flexibility index (Phi) is 12.8. The zero-order chi connectivity index (χ0) is 30.9. The third kappa shape index (κ3) is 8.80. The molecule has 0 saturated carbocycles. The molecule has 7 atom stereocenters. The molecule has 228 valence electrons. The van der Waals surface area contributed by atoms with Crippen molar-refractivity contribution in [2.24, 2.45) is 17.6 Å². The van der Waals surface area contributed by atoms with Gasteiger partial charge in [0.2, 0.25) is 0 Å². The molecule has 2 bridgehead atoms. The van der Waals surface area contributed by atoms with Gasteiger partial charge in [-0.2, -0.15) is 0 Å². The number of allylic oxidation sites excluding steroid dienone is 2. The molecule has 11 heteroatoms. The molecule has 2 rings (SSSR count). The van der Waals surface area contributed by atoms with Crippen LogP contribution in [0.5, 0.6) is 11.5 Å². The summed E-state index contributed by atoms with van der Waals surface area (Å²) in [4.78, 5) is 24.7. The minimum Gasteiger partial charge on any atom is -0.508 e. The molecule has 5 N–H and O–H groups in total. The van der Waals surface area contributed by atoms with E-state index in [2.05, 4.69) is 5.32 Å². The van der Waals surface area contributed by atoms with Crippen LogP contribution in [0.3, 0.4) is 0 Å². The van der Waals surface area contributed by atoms with E-state index in [9.17, 15) is 19.8 Å². The number of carbonyl (C=O) groups excluding carboxylic acids is 2. The predicted molar refractivity (Wildman–Crippen MR) is 155 cm³/mol. The number of fused-ring (bicyclic) bond motifs is 2. The third-order valence-electron chi connectivity index (χ3n) is 7.31. The third-order valence-corrected chi connectivity index (χ3v) is 7.31. The molecule has 41 heavy (non-hydrogen) atoms. The van der Waals surface area contributed by atoms with E-state index in [1.807, 2.05) is 19.9 Å². The van der Waals surface area contributed by atoms with E-state index in [0.717, 1.165) is 0 Å². The first kappa shape index (κ1) is 33.8. The Morgan fingerprint density at radius 2 is 1.68 bits per heavy atom. The Labute approximate surface area is 241 Å². The number of phenols is 2. The maximum atomic E-state index is 12.9. The fourth-order valence-corrected chi connectivity index (χ4v) is 5.24. The number of amides is 2. The van der Waals surface area contributed by atoms with E-state index >= 15 is 0 Å². The number of nitrogens with one attached hydrogen (secondary N) is 1. The first-order valence-electron chi connectivity index (χ1n) is 13.4. The van der Waals surface area contributed by atoms with Crippen molar-refractivity contribution in [2.75, 3.05) is 33.8 Å². The molecule has 0 spiro atoms. The molecule has 0 aromatic heterocycles. The number of hydrogen-bond acceptors (Lipinski definition) is 9. The molecule has 1 aliphatic rings. The number of phenolic OH excluding ortho intramolecular Hbond substituents is 2. The van der Waals surface area contributed by atoms with E-state index in [-0.39, 0.29) is 29.0 Å². The monoisotopic (exact) mass is 576 g/mol. The van der Waals surface area contributed by atoms with Gasteiger partial charge < -0.3 is 44.9 Å². The van der Waals surface area contributed by atoms with Crippen molar-refractivity contribution in [2.45, 2.75) is 64.6 Å². The number of ether oxygens (including phenoxy) is 5. The number of carbonyl (C=O) groups is 2. The zero-order valence-corrected chi connectivity index (χ0v) is 25.0. The number of rotatable bonds is 5. The smallest absolute Gasteiger partial charge is 0.405 e. The summed E-state index contributed by atoms with van der Waals surface area (Å²) in [6.07, 6.45) is 3.14. The Hall–Kier alpha value is -3.38. The Balaban J connectivity index is 2.71. The summed E-state index contributed by atoms with van der Waals surface area (Å²) in [6.45, 7) is 7.29. The highest BCUT2D eigenvalue weighted by atomic mass is 16.6. The first-order chi connectivity index (χ1) is 19.4. The Morgan fingerprint density at radius 1 is 1.00 bits per heavy atom. The molecule has 11 nitrogen and oxygen atoms in total. The molecule has 0 fully saturated rings. The number of anilines is 1. The van der Waals surface area contributed by atoms with Crippen molar-refractivity contribution >= 4 is 17.7 Å². The predicted octanol–water partition coefficient (Wildman–Crippen LogP) is 4.36. The van der Waals surface area contributed by atoms with E-state index in [4.69, 9.17) is 29.4 Å². The van der Waals surface area contributed by atoms with Crippen LogP contribution in [-0.2, 0) is 28.5 Å². The highest BCUT2D eigenvalue weighted by molar-refractivity contribution is 6.04. The maximum absolute atomic E-state index is 12.9. The Morgan fingerprint density at radius 3 is 2.24 bits per heavy atom. The lowest BCUT2D eigenvalue weighted by Gasteiger charge is -2.33. The molecule has 0 aliphatic carbocycles. The van der Waals surface area contributed by atoms with Gasteiger partial charge in [-0.15, -0.1) is 0 Å². The normalized spacial score (nSPS) is 31.7. The van der Waals surface area contributed by atoms with Crippen LogP contribution in [0, 0.1) is 11.8 Å². The fraction of sp³-hybridized carbons (Fsp3) is 0.533. The molecule has 1 aromatic rings. The van der Waals surface area contributed by atoms with Gasteiger partial charge in [-0.3, -0.25) is 4.79 Å². The topological polar surface area (TPSA) is 159 Å². The van der Waals surface area contributed by atoms with Crippen LogP contribution in [0.2, 0.25) is 0 Å². The number of aromatic hydroxyl groups is 2. The van der Waals surface area contributed by atoms with Crippen LogP contribution < -0.4 is 11.1 Å². The van der Waals surface area contributed by atoms with Crippen LogP contribution in [0.4, 0.5) is 10.5 Å². The molecule has 1 heterocycles. The highest BCUT2D eigenvalue weighted by Crippen LogP contribution is 2.41. The second-order valence-corrected chi connectivity index (χ2v) is 10.3. The molecule has 2 amide bonds. The summed E-state index contributed by atoms with van der Waals surface area (Å²) in [6, 6.07) is 2.68. The summed E-state index contributed by atoms with van der Waals surface area (Å²) in [5.41, 5.74) is 6.71. The number of hydrogen-bond donors (Lipinski definition) is 4. The lowest BCUT2D eigenvalue weighted by atomic mass is 9.86. The molecule has 7 unspecified atom stereocenters. The molecular weight excluding hydrogens is 532 g/mol. The van der Waals surface area contributed by atoms with Crippen LogP contribution in [-0.4, -0.2) is 75.1 Å². The summed E-state index contributed by atoms with van der Waals surface area (Å²) >= 11 is 0. The molecule has 1 aromatic carbocycles. The van der Waals surface area contributed by atoms with Gasteiger partial charge in [0, 0.05) is 51.6 Å². The van der Waals surface area contributed by atoms with Crippen LogP contribution in [0.1, 0.15) is 45.8 Å². The number of nitrogens with two attached hydrogens (primary N) is 1. The maximum Gasteiger partial charge on any atom is 0.405 e. The van der Waals surface area contributed by atoms with E-state index < -0.39 is 42.5 Å². The summed E-state index contributed by atoms with van der Waals surface area (Å²) in [5.74, 6) is -1.30. The second-order valence-electron chi connectivity index (χ2n) is 10.3. The lowest BCUT2D eigenvalue weighted by Crippen LogP contribution is -2.38. The summed E-state index contributed by atoms with van der Waals surface area (Å²) in [7, 11) is 6.15. The second kappa shape index (κ2) is 15.6. The van der Waals surface area contributed by atoms with Crippen LogP contribution in [0.25, 0.3) is 0 Å².